The summed E-state index contributed by atoms with van der Waals surface area (Å²) < 4.78 is 1.87. The molecule has 4 rings (SSSR count). The molecule has 0 aliphatic carbocycles. The van der Waals surface area contributed by atoms with E-state index < -0.39 is 0 Å². The van der Waals surface area contributed by atoms with E-state index in [9.17, 15) is 9.59 Å². The van der Waals surface area contributed by atoms with Gasteiger partial charge in [-0.05, 0) is 32.6 Å². The minimum Gasteiger partial charge on any atom is -0.342 e. The molecule has 7 nitrogen and oxygen atoms in total. The van der Waals surface area contributed by atoms with Gasteiger partial charge < -0.3 is 4.90 Å². The SMILES string of the molecule is C=C(C)CN1CCN(CC(=O)N2CCC(c3cc(=O)n4c(n3)CCCCC4)CC2)CC1. The van der Waals surface area contributed by atoms with Gasteiger partial charge in [0.2, 0.25) is 5.91 Å². The van der Waals surface area contributed by atoms with Gasteiger partial charge in [-0.25, -0.2) is 4.98 Å². The zero-order chi connectivity index (χ0) is 21.8. The van der Waals surface area contributed by atoms with E-state index in [1.165, 1.54) is 12.0 Å². The van der Waals surface area contributed by atoms with Crippen molar-refractivity contribution in [2.75, 3.05) is 52.4 Å². The molecule has 2 fully saturated rings. The number of amides is 1. The molecule has 1 aromatic rings. The minimum absolute atomic E-state index is 0.103. The number of piperidine rings is 1. The van der Waals surface area contributed by atoms with Gasteiger partial charge in [0.1, 0.15) is 5.82 Å². The van der Waals surface area contributed by atoms with E-state index in [1.54, 1.807) is 6.07 Å². The fourth-order valence-corrected chi connectivity index (χ4v) is 5.15. The van der Waals surface area contributed by atoms with Crippen LogP contribution >= 0.6 is 0 Å². The number of likely N-dealkylation sites (tertiary alicyclic amines) is 1. The van der Waals surface area contributed by atoms with Crippen LogP contribution in [-0.2, 0) is 17.8 Å². The molecular weight excluding hydrogens is 390 g/mol. The van der Waals surface area contributed by atoms with Gasteiger partial charge in [0.15, 0.2) is 0 Å². The summed E-state index contributed by atoms with van der Waals surface area (Å²) in [5, 5.41) is 0. The number of piperazine rings is 1. The number of fused-ring (bicyclic) bond motifs is 1. The van der Waals surface area contributed by atoms with Crippen molar-refractivity contribution in [1.29, 1.82) is 0 Å². The van der Waals surface area contributed by atoms with Crippen molar-refractivity contribution in [3.8, 4) is 0 Å². The predicted octanol–water partition coefficient (Wildman–Crippen LogP) is 1.87. The number of hydrogen-bond donors (Lipinski definition) is 0. The highest BCUT2D eigenvalue weighted by Gasteiger charge is 2.27. The second kappa shape index (κ2) is 10.1. The van der Waals surface area contributed by atoms with Crippen LogP contribution in [-0.4, -0.2) is 82.5 Å². The third kappa shape index (κ3) is 5.63. The van der Waals surface area contributed by atoms with Crippen molar-refractivity contribution in [3.63, 3.8) is 0 Å². The van der Waals surface area contributed by atoms with Crippen LogP contribution in [0.4, 0.5) is 0 Å². The monoisotopic (exact) mass is 427 g/mol. The Morgan fingerprint density at radius 3 is 2.35 bits per heavy atom. The largest absolute Gasteiger partial charge is 0.342 e. The summed E-state index contributed by atoms with van der Waals surface area (Å²) in [6, 6.07) is 1.75. The van der Waals surface area contributed by atoms with E-state index in [4.69, 9.17) is 4.98 Å². The molecule has 4 heterocycles. The molecule has 0 atom stereocenters. The van der Waals surface area contributed by atoms with Crippen LogP contribution in [0.1, 0.15) is 56.5 Å². The summed E-state index contributed by atoms with van der Waals surface area (Å²) in [7, 11) is 0. The quantitative estimate of drug-likeness (QED) is 0.672. The first kappa shape index (κ1) is 22.2. The maximum Gasteiger partial charge on any atom is 0.253 e. The number of carbonyl (C=O) groups is 1. The minimum atomic E-state index is 0.103. The number of nitrogens with zero attached hydrogens (tertiary/aromatic N) is 5. The lowest BCUT2D eigenvalue weighted by Crippen LogP contribution is -2.51. The van der Waals surface area contributed by atoms with Gasteiger partial charge in [-0.1, -0.05) is 18.6 Å². The summed E-state index contributed by atoms with van der Waals surface area (Å²) in [5.74, 6) is 1.49. The van der Waals surface area contributed by atoms with Gasteiger partial charge in [0, 0.05) is 70.8 Å². The van der Waals surface area contributed by atoms with Gasteiger partial charge in [-0.15, -0.1) is 0 Å². The summed E-state index contributed by atoms with van der Waals surface area (Å²) >= 11 is 0. The van der Waals surface area contributed by atoms with Crippen LogP contribution in [0.25, 0.3) is 0 Å². The van der Waals surface area contributed by atoms with Crippen molar-refractivity contribution in [2.45, 2.75) is 57.9 Å². The average Bonchev–Trinajstić information content (AvgIpc) is 3.01. The second-order valence-corrected chi connectivity index (χ2v) is 9.56. The molecule has 2 saturated heterocycles. The zero-order valence-electron chi connectivity index (χ0n) is 19.0. The molecule has 0 radical (unpaired) electrons. The van der Waals surface area contributed by atoms with E-state index in [0.717, 1.165) is 96.0 Å². The molecule has 0 unspecified atom stereocenters. The Morgan fingerprint density at radius 1 is 1.00 bits per heavy atom. The molecule has 0 aromatic carbocycles. The normalized spacial score (nSPS) is 21.5. The van der Waals surface area contributed by atoms with Crippen LogP contribution in [0.2, 0.25) is 0 Å². The molecule has 7 heteroatoms. The van der Waals surface area contributed by atoms with Gasteiger partial charge in [-0.3, -0.25) is 24.0 Å². The number of aryl methyl sites for hydroxylation is 1. The second-order valence-electron chi connectivity index (χ2n) is 9.56. The Morgan fingerprint density at radius 2 is 1.68 bits per heavy atom. The average molecular weight is 428 g/mol. The lowest BCUT2D eigenvalue weighted by molar-refractivity contribution is -0.133. The standard InChI is InChI=1S/C24H37N5O2/c1-19(2)17-26-12-14-27(15-13-26)18-24(31)28-10-7-20(8-11-28)21-16-23(30)29-9-5-3-4-6-22(29)25-21/h16,20H,1,3-15,17-18H2,2H3. The zero-order valence-corrected chi connectivity index (χ0v) is 19.0. The maximum atomic E-state index is 12.8. The Kier molecular flexibility index (Phi) is 7.23. The van der Waals surface area contributed by atoms with E-state index in [1.807, 2.05) is 9.47 Å². The summed E-state index contributed by atoms with van der Waals surface area (Å²) in [6.07, 6.45) is 6.05. The molecular formula is C24H37N5O2. The predicted molar refractivity (Wildman–Crippen MR) is 122 cm³/mol. The van der Waals surface area contributed by atoms with E-state index in [2.05, 4.69) is 23.3 Å². The van der Waals surface area contributed by atoms with Crippen molar-refractivity contribution < 1.29 is 4.79 Å². The first-order valence-corrected chi connectivity index (χ1v) is 12.0. The topological polar surface area (TPSA) is 61.7 Å². The molecule has 170 valence electrons. The van der Waals surface area contributed by atoms with Gasteiger partial charge in [-0.2, -0.15) is 0 Å². The van der Waals surface area contributed by atoms with Crippen LogP contribution in [0.15, 0.2) is 23.0 Å². The van der Waals surface area contributed by atoms with Gasteiger partial charge in [0.05, 0.1) is 12.2 Å². The van der Waals surface area contributed by atoms with Crippen LogP contribution < -0.4 is 5.56 Å². The highest BCUT2D eigenvalue weighted by Crippen LogP contribution is 2.27. The Bertz CT molecular complexity index is 848. The third-order valence-corrected chi connectivity index (χ3v) is 6.97. The molecule has 3 aliphatic heterocycles. The lowest BCUT2D eigenvalue weighted by Gasteiger charge is -2.37. The van der Waals surface area contributed by atoms with Crippen molar-refractivity contribution in [1.82, 2.24) is 24.3 Å². The molecule has 0 spiro atoms. The van der Waals surface area contributed by atoms with E-state index in [-0.39, 0.29) is 17.4 Å². The number of rotatable bonds is 5. The fraction of sp³-hybridized carbons (Fsp3) is 0.708. The first-order chi connectivity index (χ1) is 15.0. The molecule has 1 amide bonds. The van der Waals surface area contributed by atoms with Crippen molar-refractivity contribution in [3.05, 3.63) is 40.1 Å². The fourth-order valence-electron chi connectivity index (χ4n) is 5.15. The molecule has 0 bridgehead atoms. The number of carbonyl (C=O) groups excluding carboxylic acids is 1. The maximum absolute atomic E-state index is 12.8. The highest BCUT2D eigenvalue weighted by atomic mass is 16.2. The van der Waals surface area contributed by atoms with Crippen molar-refractivity contribution in [2.24, 2.45) is 0 Å². The molecule has 1 aromatic heterocycles. The lowest BCUT2D eigenvalue weighted by atomic mass is 9.93. The molecule has 31 heavy (non-hydrogen) atoms. The smallest absolute Gasteiger partial charge is 0.253 e. The summed E-state index contributed by atoms with van der Waals surface area (Å²) in [6.45, 7) is 13.8. The van der Waals surface area contributed by atoms with Crippen LogP contribution in [0, 0.1) is 0 Å². The van der Waals surface area contributed by atoms with E-state index >= 15 is 0 Å². The molecule has 0 saturated carbocycles. The number of aromatic nitrogens is 2. The Labute approximate surface area is 185 Å². The number of hydrogen-bond acceptors (Lipinski definition) is 5. The third-order valence-electron chi connectivity index (χ3n) is 6.97. The van der Waals surface area contributed by atoms with Crippen molar-refractivity contribution >= 4 is 5.91 Å². The van der Waals surface area contributed by atoms with Gasteiger partial charge >= 0.3 is 0 Å². The Balaban J connectivity index is 1.28. The van der Waals surface area contributed by atoms with Gasteiger partial charge in [0.25, 0.3) is 5.56 Å². The molecule has 0 N–H and O–H groups in total. The summed E-state index contributed by atoms with van der Waals surface area (Å²) in [5.41, 5.74) is 2.24. The summed E-state index contributed by atoms with van der Waals surface area (Å²) in [4.78, 5) is 37.0. The highest BCUT2D eigenvalue weighted by molar-refractivity contribution is 5.78. The van der Waals surface area contributed by atoms with Crippen LogP contribution in [0.3, 0.4) is 0 Å². The first-order valence-electron chi connectivity index (χ1n) is 12.0. The van der Waals surface area contributed by atoms with Crippen LogP contribution in [0.5, 0.6) is 0 Å². The molecule has 3 aliphatic rings. The Hall–Kier alpha value is -1.99. The van der Waals surface area contributed by atoms with E-state index in [0.29, 0.717) is 6.54 Å².